The van der Waals surface area contributed by atoms with Gasteiger partial charge in [-0.2, -0.15) is 0 Å². The minimum Gasteiger partial charge on any atom is -0.371 e. The van der Waals surface area contributed by atoms with Crippen molar-refractivity contribution in [1.29, 1.82) is 0 Å². The van der Waals surface area contributed by atoms with Crippen molar-refractivity contribution in [2.45, 2.75) is 19.8 Å². The van der Waals surface area contributed by atoms with Gasteiger partial charge in [0.2, 0.25) is 5.91 Å². The van der Waals surface area contributed by atoms with Crippen LogP contribution in [0.1, 0.15) is 29.4 Å². The van der Waals surface area contributed by atoms with Crippen LogP contribution in [0.15, 0.2) is 41.8 Å². The topological polar surface area (TPSA) is 61.4 Å². The van der Waals surface area contributed by atoms with Crippen LogP contribution in [-0.4, -0.2) is 31.4 Å². The lowest BCUT2D eigenvalue weighted by Crippen LogP contribution is -2.40. The zero-order chi connectivity index (χ0) is 17.6. The number of carbonyl (C=O) groups excluding carboxylic acids is 2. The predicted molar refractivity (Wildman–Crippen MR) is 102 cm³/mol. The monoisotopic (exact) mass is 357 g/mol. The third kappa shape index (κ3) is 4.39. The summed E-state index contributed by atoms with van der Waals surface area (Å²) in [6, 6.07) is 11.6. The van der Waals surface area contributed by atoms with Crippen LogP contribution in [0, 0.1) is 5.92 Å². The smallest absolute Gasteiger partial charge is 0.265 e. The Morgan fingerprint density at radius 3 is 2.48 bits per heavy atom. The van der Waals surface area contributed by atoms with Crippen molar-refractivity contribution in [2.75, 3.05) is 29.9 Å². The summed E-state index contributed by atoms with van der Waals surface area (Å²) in [6.07, 6.45) is 1.76. The van der Waals surface area contributed by atoms with E-state index in [0.717, 1.165) is 37.3 Å². The number of thiophene rings is 1. The molecule has 1 aliphatic rings. The van der Waals surface area contributed by atoms with Crippen molar-refractivity contribution >= 4 is 34.5 Å². The maximum atomic E-state index is 12.1. The van der Waals surface area contributed by atoms with Crippen LogP contribution in [0.2, 0.25) is 0 Å². The molecule has 2 N–H and O–H groups in total. The first-order chi connectivity index (χ1) is 12.2. The molecule has 2 heterocycles. The second-order valence-corrected chi connectivity index (χ2v) is 7.08. The lowest BCUT2D eigenvalue weighted by atomic mass is 9.95. The van der Waals surface area contributed by atoms with Gasteiger partial charge in [0, 0.05) is 36.9 Å². The van der Waals surface area contributed by atoms with Crippen molar-refractivity contribution in [1.82, 2.24) is 5.32 Å². The molecule has 1 saturated heterocycles. The molecule has 0 unspecified atom stereocenters. The highest BCUT2D eigenvalue weighted by atomic mass is 32.1. The minimum atomic E-state index is -0.0782. The van der Waals surface area contributed by atoms with Crippen LogP contribution in [0.3, 0.4) is 0 Å². The highest BCUT2D eigenvalue weighted by molar-refractivity contribution is 7.12. The molecule has 0 atom stereocenters. The fourth-order valence-corrected chi connectivity index (χ4v) is 3.69. The molecule has 2 aromatic rings. The van der Waals surface area contributed by atoms with Gasteiger partial charge in [-0.15, -0.1) is 11.3 Å². The first kappa shape index (κ1) is 17.5. The van der Waals surface area contributed by atoms with Gasteiger partial charge in [-0.1, -0.05) is 6.07 Å². The van der Waals surface area contributed by atoms with E-state index in [1.165, 1.54) is 11.3 Å². The second-order valence-electron chi connectivity index (χ2n) is 6.13. The number of hydrogen-bond donors (Lipinski definition) is 2. The van der Waals surface area contributed by atoms with Crippen LogP contribution in [0.4, 0.5) is 11.4 Å². The van der Waals surface area contributed by atoms with E-state index < -0.39 is 0 Å². The van der Waals surface area contributed by atoms with Gasteiger partial charge in [-0.25, -0.2) is 0 Å². The summed E-state index contributed by atoms with van der Waals surface area (Å²) in [5, 5.41) is 7.71. The molecule has 6 heteroatoms. The van der Waals surface area contributed by atoms with Crippen molar-refractivity contribution < 1.29 is 9.59 Å². The normalized spacial score (nSPS) is 15.0. The number of amides is 2. The van der Waals surface area contributed by atoms with E-state index in [0.29, 0.717) is 11.4 Å². The lowest BCUT2D eigenvalue weighted by Gasteiger charge is -2.33. The number of rotatable bonds is 5. The van der Waals surface area contributed by atoms with Crippen LogP contribution in [0.25, 0.3) is 0 Å². The van der Waals surface area contributed by atoms with E-state index >= 15 is 0 Å². The molecule has 1 aromatic heterocycles. The Morgan fingerprint density at radius 1 is 1.16 bits per heavy atom. The molecule has 132 valence electrons. The SMILES string of the molecule is CCNC(=O)C1CCN(c2ccc(NC(=O)c3cccs3)cc2)CC1. The van der Waals surface area contributed by atoms with Crippen LogP contribution in [-0.2, 0) is 4.79 Å². The van der Waals surface area contributed by atoms with Crippen molar-refractivity contribution in [2.24, 2.45) is 5.92 Å². The molecule has 1 aliphatic heterocycles. The largest absolute Gasteiger partial charge is 0.371 e. The van der Waals surface area contributed by atoms with Gasteiger partial charge in [0.1, 0.15) is 0 Å². The molecule has 0 saturated carbocycles. The van der Waals surface area contributed by atoms with Gasteiger partial charge in [-0.05, 0) is 55.5 Å². The molecular formula is C19H23N3O2S. The number of benzene rings is 1. The highest BCUT2D eigenvalue weighted by Crippen LogP contribution is 2.25. The van der Waals surface area contributed by atoms with Gasteiger partial charge in [-0.3, -0.25) is 9.59 Å². The Kier molecular flexibility index (Phi) is 5.71. The minimum absolute atomic E-state index is 0.0782. The Hall–Kier alpha value is -2.34. The predicted octanol–water partition coefficient (Wildman–Crippen LogP) is 3.35. The van der Waals surface area contributed by atoms with Crippen LogP contribution in [0.5, 0.6) is 0 Å². The zero-order valence-electron chi connectivity index (χ0n) is 14.3. The summed E-state index contributed by atoms with van der Waals surface area (Å²) in [7, 11) is 0. The molecule has 0 spiro atoms. The first-order valence-electron chi connectivity index (χ1n) is 8.65. The van der Waals surface area contributed by atoms with Crippen LogP contribution >= 0.6 is 11.3 Å². The number of nitrogens with one attached hydrogen (secondary N) is 2. The standard InChI is InChI=1S/C19H23N3O2S/c1-2-20-18(23)14-9-11-22(12-10-14)16-7-5-15(6-8-16)21-19(24)17-4-3-13-25-17/h3-8,13-14H,2,9-12H2,1H3,(H,20,23)(H,21,24). The Balaban J connectivity index is 1.54. The molecule has 1 fully saturated rings. The molecular weight excluding hydrogens is 334 g/mol. The van der Waals surface area contributed by atoms with Gasteiger partial charge in [0.25, 0.3) is 5.91 Å². The Bertz CT molecular complexity index is 705. The lowest BCUT2D eigenvalue weighted by molar-refractivity contribution is -0.125. The van der Waals surface area contributed by atoms with Gasteiger partial charge in [0.15, 0.2) is 0 Å². The molecule has 3 rings (SSSR count). The number of carbonyl (C=O) groups is 2. The molecule has 2 amide bonds. The summed E-state index contributed by atoms with van der Waals surface area (Å²) < 4.78 is 0. The van der Waals surface area contributed by atoms with E-state index in [1.54, 1.807) is 0 Å². The van der Waals surface area contributed by atoms with Gasteiger partial charge >= 0.3 is 0 Å². The Morgan fingerprint density at radius 2 is 1.88 bits per heavy atom. The average molecular weight is 357 g/mol. The van der Waals surface area contributed by atoms with E-state index in [2.05, 4.69) is 15.5 Å². The number of anilines is 2. The summed E-state index contributed by atoms with van der Waals surface area (Å²) in [5.41, 5.74) is 1.92. The molecule has 5 nitrogen and oxygen atoms in total. The maximum Gasteiger partial charge on any atom is 0.265 e. The van der Waals surface area contributed by atoms with Crippen LogP contribution < -0.4 is 15.5 Å². The summed E-state index contributed by atoms with van der Waals surface area (Å²) in [6.45, 7) is 4.40. The number of nitrogens with zero attached hydrogens (tertiary/aromatic N) is 1. The van der Waals surface area contributed by atoms with Gasteiger partial charge < -0.3 is 15.5 Å². The van der Waals surface area contributed by atoms with Crippen molar-refractivity contribution in [3.05, 3.63) is 46.7 Å². The summed E-state index contributed by atoms with van der Waals surface area (Å²) >= 11 is 1.43. The quantitative estimate of drug-likeness (QED) is 0.863. The molecule has 25 heavy (non-hydrogen) atoms. The Labute approximate surface area is 152 Å². The summed E-state index contributed by atoms with van der Waals surface area (Å²) in [5.74, 6) is 0.222. The zero-order valence-corrected chi connectivity index (χ0v) is 15.1. The van der Waals surface area contributed by atoms with E-state index in [9.17, 15) is 9.59 Å². The molecule has 0 radical (unpaired) electrons. The maximum absolute atomic E-state index is 12.1. The van der Waals surface area contributed by atoms with Crippen molar-refractivity contribution in [3.63, 3.8) is 0 Å². The highest BCUT2D eigenvalue weighted by Gasteiger charge is 2.24. The van der Waals surface area contributed by atoms with Crippen molar-refractivity contribution in [3.8, 4) is 0 Å². The third-order valence-electron chi connectivity index (χ3n) is 4.45. The second kappa shape index (κ2) is 8.16. The van der Waals surface area contributed by atoms with E-state index in [4.69, 9.17) is 0 Å². The van der Waals surface area contributed by atoms with Gasteiger partial charge in [0.05, 0.1) is 4.88 Å². The van der Waals surface area contributed by atoms with E-state index in [1.807, 2.05) is 48.7 Å². The number of piperidine rings is 1. The third-order valence-corrected chi connectivity index (χ3v) is 5.32. The summed E-state index contributed by atoms with van der Waals surface area (Å²) in [4.78, 5) is 27.0. The molecule has 1 aromatic carbocycles. The first-order valence-corrected chi connectivity index (χ1v) is 9.53. The fourth-order valence-electron chi connectivity index (χ4n) is 3.07. The van der Waals surface area contributed by atoms with E-state index in [-0.39, 0.29) is 17.7 Å². The molecule has 0 aliphatic carbocycles. The fraction of sp³-hybridized carbons (Fsp3) is 0.368. The molecule has 0 bridgehead atoms. The number of hydrogen-bond acceptors (Lipinski definition) is 4. The average Bonchev–Trinajstić information content (AvgIpc) is 3.18.